The molecule has 0 saturated heterocycles. The van der Waals surface area contributed by atoms with Gasteiger partial charge in [0.05, 0.1) is 0 Å². The Morgan fingerprint density at radius 3 is 2.30 bits per heavy atom. The molecule has 0 spiro atoms. The molecule has 1 aromatic carbocycles. The second kappa shape index (κ2) is 9.08. The van der Waals surface area contributed by atoms with Crippen molar-refractivity contribution >= 4 is 14.9 Å². The van der Waals surface area contributed by atoms with Crippen LogP contribution in [0.5, 0.6) is 0 Å². The van der Waals surface area contributed by atoms with E-state index in [4.69, 9.17) is 13.3 Å². The van der Waals surface area contributed by atoms with Crippen molar-refractivity contribution in [2.45, 2.75) is 32.2 Å². The Labute approximate surface area is 123 Å². The summed E-state index contributed by atoms with van der Waals surface area (Å²) in [7, 11) is 0.950. The van der Waals surface area contributed by atoms with Crippen LogP contribution in [-0.2, 0) is 19.7 Å². The van der Waals surface area contributed by atoms with E-state index in [9.17, 15) is 0 Å². The fraction of sp³-hybridized carbons (Fsp3) is 0.500. The van der Waals surface area contributed by atoms with Crippen LogP contribution in [-0.4, -0.2) is 29.6 Å². The smallest absolute Gasteiger partial charge is 0.377 e. The van der Waals surface area contributed by atoms with E-state index in [0.717, 1.165) is 30.9 Å². The molecule has 112 valence electrons. The Hall–Kier alpha value is -0.943. The van der Waals surface area contributed by atoms with Gasteiger partial charge in [-0.15, -0.1) is 0 Å². The van der Waals surface area contributed by atoms with Crippen molar-refractivity contribution in [1.82, 2.24) is 0 Å². The first kappa shape index (κ1) is 17.1. The maximum Gasteiger partial charge on any atom is 0.500 e. The summed E-state index contributed by atoms with van der Waals surface area (Å²) in [5.41, 5.74) is 2.47. The monoisotopic (exact) mass is 294 g/mol. The molecule has 0 bridgehead atoms. The van der Waals surface area contributed by atoms with Crippen LogP contribution in [0.15, 0.2) is 30.8 Å². The maximum atomic E-state index is 5.91. The zero-order chi connectivity index (χ0) is 14.8. The molecule has 1 rings (SSSR count). The summed E-state index contributed by atoms with van der Waals surface area (Å²) in [4.78, 5) is 0. The molecule has 0 fully saturated rings. The molecule has 0 aliphatic carbocycles. The predicted octanol–water partition coefficient (Wildman–Crippen LogP) is 3.92. The van der Waals surface area contributed by atoms with Crippen molar-refractivity contribution < 1.29 is 13.3 Å². The van der Waals surface area contributed by atoms with Crippen LogP contribution >= 0.6 is 0 Å². The van der Waals surface area contributed by atoms with Crippen LogP contribution in [0, 0.1) is 0 Å². The van der Waals surface area contributed by atoms with Crippen molar-refractivity contribution in [2.75, 3.05) is 20.8 Å². The summed E-state index contributed by atoms with van der Waals surface area (Å²) in [5.74, 6) is 0. The third-order valence-corrected chi connectivity index (χ3v) is 6.33. The Kier molecular flexibility index (Phi) is 7.77. The molecule has 0 saturated carbocycles. The fourth-order valence-corrected chi connectivity index (χ4v) is 4.13. The number of hydrogen-bond donors (Lipinski definition) is 0. The first-order valence-electron chi connectivity index (χ1n) is 7.15. The average Bonchev–Trinajstić information content (AvgIpc) is 2.51. The normalized spacial score (nSPS) is 11.6. The van der Waals surface area contributed by atoms with E-state index in [-0.39, 0.29) is 0 Å². The van der Waals surface area contributed by atoms with Gasteiger partial charge in [-0.05, 0) is 24.0 Å². The van der Waals surface area contributed by atoms with Gasteiger partial charge in [0, 0.05) is 26.9 Å². The van der Waals surface area contributed by atoms with Crippen LogP contribution in [0.2, 0.25) is 6.04 Å². The third kappa shape index (κ3) is 5.21. The molecule has 1 aromatic rings. The molecule has 0 atom stereocenters. The molecular formula is C16H26O3Si. The highest BCUT2D eigenvalue weighted by atomic mass is 28.4. The summed E-state index contributed by atoms with van der Waals surface area (Å²) in [5, 5.41) is 0. The number of aryl methyl sites for hydroxylation is 1. The van der Waals surface area contributed by atoms with E-state index < -0.39 is 8.80 Å². The molecule has 0 radical (unpaired) electrons. The molecule has 0 aliphatic rings. The predicted molar refractivity (Wildman–Crippen MR) is 85.7 cm³/mol. The standard InChI is InChI=1S/C16H26O3Si/c1-5-14-20(17-3,18-4)19-13-7-8-16-11-9-15(6-2)10-12-16/h6,9-12H,2,5,7-8,13-14H2,1,3-4H3. The lowest BCUT2D eigenvalue weighted by Crippen LogP contribution is -2.43. The molecule has 0 heterocycles. The molecule has 20 heavy (non-hydrogen) atoms. The lowest BCUT2D eigenvalue weighted by Gasteiger charge is -2.25. The van der Waals surface area contributed by atoms with E-state index in [1.165, 1.54) is 5.56 Å². The Morgan fingerprint density at radius 1 is 1.15 bits per heavy atom. The SMILES string of the molecule is C=Cc1ccc(CCCO[Si](CCC)(OC)OC)cc1. The number of rotatable bonds is 10. The van der Waals surface area contributed by atoms with Crippen molar-refractivity contribution in [3.05, 3.63) is 42.0 Å². The summed E-state index contributed by atoms with van der Waals surface area (Å²) < 4.78 is 16.9. The first-order chi connectivity index (χ1) is 9.69. The summed E-state index contributed by atoms with van der Waals surface area (Å²) in [6, 6.07) is 9.32. The van der Waals surface area contributed by atoms with Crippen molar-refractivity contribution in [3.8, 4) is 0 Å². The lowest BCUT2D eigenvalue weighted by molar-refractivity contribution is 0.0969. The lowest BCUT2D eigenvalue weighted by atomic mass is 10.1. The van der Waals surface area contributed by atoms with Crippen LogP contribution < -0.4 is 0 Å². The zero-order valence-electron chi connectivity index (χ0n) is 12.9. The second-order valence-electron chi connectivity index (χ2n) is 4.74. The largest absolute Gasteiger partial charge is 0.500 e. The molecule has 4 heteroatoms. The van der Waals surface area contributed by atoms with Gasteiger partial charge in [-0.1, -0.05) is 50.3 Å². The van der Waals surface area contributed by atoms with Crippen molar-refractivity contribution in [2.24, 2.45) is 0 Å². The highest BCUT2D eigenvalue weighted by Crippen LogP contribution is 2.16. The van der Waals surface area contributed by atoms with E-state index >= 15 is 0 Å². The maximum absolute atomic E-state index is 5.91. The minimum Gasteiger partial charge on any atom is -0.377 e. The van der Waals surface area contributed by atoms with Gasteiger partial charge < -0.3 is 13.3 Å². The van der Waals surface area contributed by atoms with Crippen LogP contribution in [0.25, 0.3) is 6.08 Å². The van der Waals surface area contributed by atoms with Crippen molar-refractivity contribution in [1.29, 1.82) is 0 Å². The van der Waals surface area contributed by atoms with Gasteiger partial charge >= 0.3 is 8.80 Å². The second-order valence-corrected chi connectivity index (χ2v) is 7.71. The van der Waals surface area contributed by atoms with Gasteiger partial charge in [-0.25, -0.2) is 0 Å². The summed E-state index contributed by atoms with van der Waals surface area (Å²) in [6.45, 7) is 6.55. The summed E-state index contributed by atoms with van der Waals surface area (Å²) >= 11 is 0. The molecule has 0 amide bonds. The number of hydrogen-bond acceptors (Lipinski definition) is 3. The zero-order valence-corrected chi connectivity index (χ0v) is 13.9. The van der Waals surface area contributed by atoms with Gasteiger partial charge in [0.1, 0.15) is 0 Å². The topological polar surface area (TPSA) is 27.7 Å². The van der Waals surface area contributed by atoms with Crippen LogP contribution in [0.4, 0.5) is 0 Å². The Morgan fingerprint density at radius 2 is 1.80 bits per heavy atom. The third-order valence-electron chi connectivity index (χ3n) is 3.33. The van der Waals surface area contributed by atoms with E-state index in [1.807, 2.05) is 6.08 Å². The van der Waals surface area contributed by atoms with Gasteiger partial charge in [-0.3, -0.25) is 0 Å². The number of benzene rings is 1. The van der Waals surface area contributed by atoms with E-state index in [2.05, 4.69) is 37.8 Å². The molecule has 0 aliphatic heterocycles. The van der Waals surface area contributed by atoms with Crippen LogP contribution in [0.1, 0.15) is 30.9 Å². The van der Waals surface area contributed by atoms with E-state index in [0.29, 0.717) is 6.61 Å². The Bertz CT molecular complexity index is 385. The highest BCUT2D eigenvalue weighted by Gasteiger charge is 2.37. The van der Waals surface area contributed by atoms with Gasteiger partial charge in [0.2, 0.25) is 0 Å². The molecule has 0 unspecified atom stereocenters. The Balaban J connectivity index is 2.37. The average molecular weight is 294 g/mol. The quantitative estimate of drug-likeness (QED) is 0.483. The van der Waals surface area contributed by atoms with Gasteiger partial charge in [0.25, 0.3) is 0 Å². The van der Waals surface area contributed by atoms with Crippen LogP contribution in [0.3, 0.4) is 0 Å². The van der Waals surface area contributed by atoms with E-state index in [1.54, 1.807) is 14.2 Å². The minimum absolute atomic E-state index is 0.678. The van der Waals surface area contributed by atoms with Gasteiger partial charge in [-0.2, -0.15) is 0 Å². The first-order valence-corrected chi connectivity index (χ1v) is 9.08. The van der Waals surface area contributed by atoms with Crippen molar-refractivity contribution in [3.63, 3.8) is 0 Å². The highest BCUT2D eigenvalue weighted by molar-refractivity contribution is 6.60. The van der Waals surface area contributed by atoms with Gasteiger partial charge in [0.15, 0.2) is 0 Å². The molecule has 3 nitrogen and oxygen atoms in total. The molecule has 0 N–H and O–H groups in total. The summed E-state index contributed by atoms with van der Waals surface area (Å²) in [6.07, 6.45) is 4.84. The molecular weight excluding hydrogens is 268 g/mol. The fourth-order valence-electron chi connectivity index (χ4n) is 2.11. The minimum atomic E-state index is -2.41. The molecule has 0 aromatic heterocycles.